The summed E-state index contributed by atoms with van der Waals surface area (Å²) in [5, 5.41) is 4.96. The summed E-state index contributed by atoms with van der Waals surface area (Å²) < 4.78 is 0. The fraction of sp³-hybridized carbons (Fsp3) is 0.769. The summed E-state index contributed by atoms with van der Waals surface area (Å²) in [6.07, 6.45) is 3.87. The lowest BCUT2D eigenvalue weighted by Gasteiger charge is -2.08. The molecule has 0 bridgehead atoms. The third-order valence-corrected chi connectivity index (χ3v) is 5.40. The first-order chi connectivity index (χ1) is 8.24. The van der Waals surface area contributed by atoms with Gasteiger partial charge in [0.25, 0.3) is 0 Å². The number of likely N-dealkylation sites (tertiary alicyclic amines) is 1. The van der Waals surface area contributed by atoms with Crippen molar-refractivity contribution in [3.63, 3.8) is 0 Å². The van der Waals surface area contributed by atoms with Crippen LogP contribution in [0.4, 0.5) is 0 Å². The van der Waals surface area contributed by atoms with E-state index in [1.807, 2.05) is 11.3 Å². The highest BCUT2D eigenvalue weighted by atomic mass is 32.1. The molecule has 94 valence electrons. The monoisotopic (exact) mass is 251 g/mol. The quantitative estimate of drug-likeness (QED) is 0.874. The third kappa shape index (κ3) is 2.26. The Kier molecular flexibility index (Phi) is 3.19. The van der Waals surface area contributed by atoms with E-state index in [4.69, 9.17) is 4.98 Å². The normalized spacial score (nSPS) is 30.2. The zero-order valence-corrected chi connectivity index (χ0v) is 11.5. The molecule has 17 heavy (non-hydrogen) atoms. The van der Waals surface area contributed by atoms with Gasteiger partial charge in [-0.05, 0) is 46.3 Å². The highest BCUT2D eigenvalue weighted by molar-refractivity contribution is 7.12. The molecule has 2 aliphatic heterocycles. The topological polar surface area (TPSA) is 28.2 Å². The van der Waals surface area contributed by atoms with Gasteiger partial charge in [-0.3, -0.25) is 0 Å². The van der Waals surface area contributed by atoms with Crippen molar-refractivity contribution in [1.29, 1.82) is 0 Å². The Bertz CT molecular complexity index is 395. The van der Waals surface area contributed by atoms with Crippen molar-refractivity contribution in [3.8, 4) is 0 Å². The van der Waals surface area contributed by atoms with Crippen LogP contribution in [-0.2, 0) is 0 Å². The van der Waals surface area contributed by atoms with E-state index in [0.717, 1.165) is 0 Å². The highest BCUT2D eigenvalue weighted by Crippen LogP contribution is 2.36. The Balaban J connectivity index is 1.80. The van der Waals surface area contributed by atoms with Crippen LogP contribution in [0.15, 0.2) is 0 Å². The van der Waals surface area contributed by atoms with Gasteiger partial charge in [-0.2, -0.15) is 0 Å². The molecule has 0 spiro atoms. The van der Waals surface area contributed by atoms with E-state index in [9.17, 15) is 0 Å². The fourth-order valence-electron chi connectivity index (χ4n) is 2.97. The largest absolute Gasteiger partial charge is 0.309 e. The van der Waals surface area contributed by atoms with Crippen molar-refractivity contribution in [2.45, 2.75) is 38.1 Å². The van der Waals surface area contributed by atoms with Crippen LogP contribution in [0.2, 0.25) is 0 Å². The van der Waals surface area contributed by atoms with Crippen LogP contribution in [0.5, 0.6) is 0 Å². The number of aromatic nitrogens is 1. The molecule has 3 nitrogen and oxygen atoms in total. The summed E-state index contributed by atoms with van der Waals surface area (Å²) >= 11 is 1.96. The van der Waals surface area contributed by atoms with E-state index < -0.39 is 0 Å². The number of rotatable bonds is 2. The van der Waals surface area contributed by atoms with Gasteiger partial charge in [0.1, 0.15) is 0 Å². The average molecular weight is 251 g/mol. The predicted octanol–water partition coefficient (Wildman–Crippen LogP) is 2.30. The molecule has 2 saturated heterocycles. The van der Waals surface area contributed by atoms with Gasteiger partial charge in [-0.25, -0.2) is 4.98 Å². The SMILES string of the molecule is Cc1nc(C2CCN(C)C2)sc1C1CCCN1. The molecular formula is C13H21N3S. The Morgan fingerprint density at radius 2 is 2.29 bits per heavy atom. The molecule has 2 aliphatic rings. The Morgan fingerprint density at radius 3 is 2.94 bits per heavy atom. The molecule has 1 aromatic rings. The van der Waals surface area contributed by atoms with Crippen LogP contribution in [0, 0.1) is 6.92 Å². The number of likely N-dealkylation sites (N-methyl/N-ethyl adjacent to an activating group) is 1. The number of hydrogen-bond donors (Lipinski definition) is 1. The lowest BCUT2D eigenvalue weighted by Crippen LogP contribution is -2.13. The van der Waals surface area contributed by atoms with Gasteiger partial charge in [0, 0.05) is 23.4 Å². The standard InChI is InChI=1S/C13H21N3S/c1-9-12(11-4-3-6-14-11)17-13(15-9)10-5-7-16(2)8-10/h10-11,14H,3-8H2,1-2H3. The van der Waals surface area contributed by atoms with Crippen molar-refractivity contribution in [1.82, 2.24) is 15.2 Å². The van der Waals surface area contributed by atoms with E-state index in [1.165, 1.54) is 54.5 Å². The molecule has 0 aromatic carbocycles. The smallest absolute Gasteiger partial charge is 0.0975 e. The summed E-state index contributed by atoms with van der Waals surface area (Å²) in [6.45, 7) is 5.75. The summed E-state index contributed by atoms with van der Waals surface area (Å²) in [4.78, 5) is 8.73. The first-order valence-corrected chi connectivity index (χ1v) is 7.45. The van der Waals surface area contributed by atoms with Crippen molar-refractivity contribution in [3.05, 3.63) is 15.6 Å². The van der Waals surface area contributed by atoms with E-state index in [0.29, 0.717) is 12.0 Å². The molecule has 0 aliphatic carbocycles. The lowest BCUT2D eigenvalue weighted by molar-refractivity contribution is 0.411. The van der Waals surface area contributed by atoms with Crippen LogP contribution < -0.4 is 5.32 Å². The Labute approximate surface area is 107 Å². The first-order valence-electron chi connectivity index (χ1n) is 6.63. The van der Waals surface area contributed by atoms with Crippen LogP contribution in [0.3, 0.4) is 0 Å². The molecule has 3 rings (SSSR count). The second-order valence-corrected chi connectivity index (χ2v) is 6.46. The molecule has 0 radical (unpaired) electrons. The number of thiazole rings is 1. The second kappa shape index (κ2) is 4.67. The van der Waals surface area contributed by atoms with Crippen molar-refractivity contribution in [2.24, 2.45) is 0 Å². The van der Waals surface area contributed by atoms with Crippen LogP contribution >= 0.6 is 11.3 Å². The highest BCUT2D eigenvalue weighted by Gasteiger charge is 2.27. The molecule has 0 amide bonds. The van der Waals surface area contributed by atoms with Crippen molar-refractivity contribution in [2.75, 3.05) is 26.7 Å². The molecule has 1 aromatic heterocycles. The molecule has 3 heterocycles. The van der Waals surface area contributed by atoms with E-state index in [2.05, 4.69) is 24.2 Å². The van der Waals surface area contributed by atoms with Crippen molar-refractivity contribution < 1.29 is 0 Å². The van der Waals surface area contributed by atoms with E-state index >= 15 is 0 Å². The predicted molar refractivity (Wildman–Crippen MR) is 71.7 cm³/mol. The minimum absolute atomic E-state index is 0.584. The average Bonchev–Trinajstić information content (AvgIpc) is 2.96. The summed E-state index contributed by atoms with van der Waals surface area (Å²) in [5.74, 6) is 0.679. The summed E-state index contributed by atoms with van der Waals surface area (Å²) in [7, 11) is 2.21. The van der Waals surface area contributed by atoms with Crippen LogP contribution in [0.1, 0.15) is 46.8 Å². The van der Waals surface area contributed by atoms with E-state index in [-0.39, 0.29) is 0 Å². The number of hydrogen-bond acceptors (Lipinski definition) is 4. The maximum absolute atomic E-state index is 4.82. The summed E-state index contributed by atoms with van der Waals surface area (Å²) in [6, 6.07) is 0.584. The molecule has 1 N–H and O–H groups in total. The number of aryl methyl sites for hydroxylation is 1. The molecule has 2 unspecified atom stereocenters. The molecule has 4 heteroatoms. The zero-order valence-electron chi connectivity index (χ0n) is 10.7. The van der Waals surface area contributed by atoms with Gasteiger partial charge in [0.05, 0.1) is 10.7 Å². The number of nitrogens with zero attached hydrogens (tertiary/aromatic N) is 2. The van der Waals surface area contributed by atoms with Gasteiger partial charge in [0.15, 0.2) is 0 Å². The summed E-state index contributed by atoms with van der Waals surface area (Å²) in [5.41, 5.74) is 1.26. The van der Waals surface area contributed by atoms with Crippen molar-refractivity contribution >= 4 is 11.3 Å². The first kappa shape index (κ1) is 11.6. The molecule has 2 fully saturated rings. The zero-order chi connectivity index (χ0) is 11.8. The number of nitrogens with one attached hydrogen (secondary N) is 1. The maximum atomic E-state index is 4.82. The van der Waals surface area contributed by atoms with Gasteiger partial charge in [-0.1, -0.05) is 0 Å². The van der Waals surface area contributed by atoms with Gasteiger partial charge in [-0.15, -0.1) is 11.3 Å². The molecule has 0 saturated carbocycles. The Hall–Kier alpha value is -0.450. The third-order valence-electron chi connectivity index (χ3n) is 3.97. The van der Waals surface area contributed by atoms with Gasteiger partial charge in [0.2, 0.25) is 0 Å². The molecule has 2 atom stereocenters. The van der Waals surface area contributed by atoms with Crippen LogP contribution in [0.25, 0.3) is 0 Å². The van der Waals surface area contributed by atoms with Crippen LogP contribution in [-0.4, -0.2) is 36.6 Å². The van der Waals surface area contributed by atoms with Gasteiger partial charge >= 0.3 is 0 Å². The van der Waals surface area contributed by atoms with E-state index in [1.54, 1.807) is 0 Å². The minimum atomic E-state index is 0.584. The Morgan fingerprint density at radius 1 is 1.41 bits per heavy atom. The minimum Gasteiger partial charge on any atom is -0.309 e. The molecular weight excluding hydrogens is 230 g/mol. The lowest BCUT2D eigenvalue weighted by atomic mass is 10.1. The van der Waals surface area contributed by atoms with Gasteiger partial charge < -0.3 is 10.2 Å². The maximum Gasteiger partial charge on any atom is 0.0975 e. The fourth-order valence-corrected chi connectivity index (χ4v) is 4.28. The second-order valence-electron chi connectivity index (χ2n) is 5.40.